The van der Waals surface area contributed by atoms with Gasteiger partial charge in [-0.25, -0.2) is 17.9 Å². The van der Waals surface area contributed by atoms with Crippen molar-refractivity contribution in [1.29, 1.82) is 0 Å². The Kier molecular flexibility index (Phi) is 5.29. The standard InChI is InChI=1S/C16H16ClNO5S/c1-16(21,12-5-7-13(17)8-6-12)10-18-24(22,23)14-4-2-3-11(9-14)15(19)20/h2-9,18,21H,10H2,1H3,(H,19,20). The van der Waals surface area contributed by atoms with Crippen molar-refractivity contribution in [2.45, 2.75) is 17.4 Å². The maximum atomic E-state index is 12.3. The molecule has 0 fully saturated rings. The van der Waals surface area contributed by atoms with Gasteiger partial charge in [0, 0.05) is 11.6 Å². The second-order valence-corrected chi connectivity index (χ2v) is 7.64. The molecule has 0 aromatic heterocycles. The predicted octanol–water partition coefficient (Wildman–Crippen LogP) is 2.22. The summed E-state index contributed by atoms with van der Waals surface area (Å²) in [5.74, 6) is -1.22. The van der Waals surface area contributed by atoms with E-state index in [0.717, 1.165) is 6.07 Å². The van der Waals surface area contributed by atoms with Crippen molar-refractivity contribution in [1.82, 2.24) is 4.72 Å². The first-order valence-electron chi connectivity index (χ1n) is 6.93. The molecule has 2 aromatic rings. The van der Waals surface area contributed by atoms with E-state index in [2.05, 4.69) is 4.72 Å². The Labute approximate surface area is 144 Å². The lowest BCUT2D eigenvalue weighted by Gasteiger charge is -2.24. The van der Waals surface area contributed by atoms with Gasteiger partial charge >= 0.3 is 5.97 Å². The van der Waals surface area contributed by atoms with Gasteiger partial charge in [0.25, 0.3) is 0 Å². The SMILES string of the molecule is CC(O)(CNS(=O)(=O)c1cccc(C(=O)O)c1)c1ccc(Cl)cc1. The monoisotopic (exact) mass is 369 g/mol. The van der Waals surface area contributed by atoms with Gasteiger partial charge < -0.3 is 10.2 Å². The van der Waals surface area contributed by atoms with Crippen LogP contribution in [0.15, 0.2) is 53.4 Å². The summed E-state index contributed by atoms with van der Waals surface area (Å²) in [6, 6.07) is 11.4. The fraction of sp³-hybridized carbons (Fsp3) is 0.188. The smallest absolute Gasteiger partial charge is 0.335 e. The van der Waals surface area contributed by atoms with Gasteiger partial charge in [-0.15, -0.1) is 0 Å². The van der Waals surface area contributed by atoms with Crippen molar-refractivity contribution < 1.29 is 23.4 Å². The zero-order chi connectivity index (χ0) is 18.0. The Morgan fingerprint density at radius 3 is 2.42 bits per heavy atom. The number of hydrogen-bond acceptors (Lipinski definition) is 4. The molecule has 3 N–H and O–H groups in total. The summed E-state index contributed by atoms with van der Waals surface area (Å²) in [6.07, 6.45) is 0. The van der Waals surface area contributed by atoms with E-state index in [0.29, 0.717) is 10.6 Å². The average Bonchev–Trinajstić information content (AvgIpc) is 2.54. The number of rotatable bonds is 6. The highest BCUT2D eigenvalue weighted by Gasteiger charge is 2.26. The van der Waals surface area contributed by atoms with Gasteiger partial charge in [-0.2, -0.15) is 0 Å². The Bertz CT molecular complexity index is 847. The van der Waals surface area contributed by atoms with Crippen molar-refractivity contribution in [3.05, 3.63) is 64.7 Å². The zero-order valence-electron chi connectivity index (χ0n) is 12.7. The van der Waals surface area contributed by atoms with Crippen molar-refractivity contribution >= 4 is 27.6 Å². The molecule has 0 saturated heterocycles. The summed E-state index contributed by atoms with van der Waals surface area (Å²) < 4.78 is 26.9. The summed E-state index contributed by atoms with van der Waals surface area (Å²) in [6.45, 7) is 1.18. The van der Waals surface area contributed by atoms with Gasteiger partial charge in [-0.3, -0.25) is 0 Å². The molecule has 0 aliphatic rings. The molecule has 2 rings (SSSR count). The van der Waals surface area contributed by atoms with E-state index in [9.17, 15) is 18.3 Å². The second-order valence-electron chi connectivity index (χ2n) is 5.44. The minimum absolute atomic E-state index is 0.137. The number of carboxylic acids is 1. The van der Waals surface area contributed by atoms with E-state index in [-0.39, 0.29) is 17.0 Å². The van der Waals surface area contributed by atoms with Crippen LogP contribution in [-0.4, -0.2) is 31.1 Å². The third-order valence-corrected chi connectivity index (χ3v) is 5.11. The molecule has 0 amide bonds. The Balaban J connectivity index is 2.19. The lowest BCUT2D eigenvalue weighted by atomic mass is 9.97. The number of aliphatic hydroxyl groups is 1. The first kappa shape index (κ1) is 18.4. The fourth-order valence-corrected chi connectivity index (χ4v) is 3.33. The van der Waals surface area contributed by atoms with Crippen molar-refractivity contribution in [2.24, 2.45) is 0 Å². The van der Waals surface area contributed by atoms with Gasteiger partial charge in [-0.05, 0) is 42.8 Å². The number of aromatic carboxylic acids is 1. The van der Waals surface area contributed by atoms with Crippen LogP contribution < -0.4 is 4.72 Å². The zero-order valence-corrected chi connectivity index (χ0v) is 14.3. The van der Waals surface area contributed by atoms with Crippen molar-refractivity contribution in [3.8, 4) is 0 Å². The van der Waals surface area contributed by atoms with Crippen molar-refractivity contribution in [2.75, 3.05) is 6.54 Å². The molecule has 128 valence electrons. The van der Waals surface area contributed by atoms with Crippen molar-refractivity contribution in [3.63, 3.8) is 0 Å². The number of benzene rings is 2. The lowest BCUT2D eigenvalue weighted by molar-refractivity contribution is 0.0627. The molecular formula is C16H16ClNO5S. The molecule has 1 unspecified atom stereocenters. The van der Waals surface area contributed by atoms with Crippen LogP contribution in [-0.2, 0) is 15.6 Å². The molecule has 0 bridgehead atoms. The van der Waals surface area contributed by atoms with Crippen LogP contribution in [0.3, 0.4) is 0 Å². The van der Waals surface area contributed by atoms with E-state index in [1.807, 2.05) is 0 Å². The maximum Gasteiger partial charge on any atom is 0.335 e. The van der Waals surface area contributed by atoms with E-state index in [1.165, 1.54) is 25.1 Å². The molecule has 8 heteroatoms. The summed E-state index contributed by atoms with van der Waals surface area (Å²) in [5.41, 5.74) is -1.10. The summed E-state index contributed by atoms with van der Waals surface area (Å²) >= 11 is 5.79. The van der Waals surface area contributed by atoms with E-state index >= 15 is 0 Å². The molecule has 0 aliphatic heterocycles. The van der Waals surface area contributed by atoms with E-state index in [1.54, 1.807) is 24.3 Å². The molecule has 0 heterocycles. The number of carbonyl (C=O) groups is 1. The summed E-state index contributed by atoms with van der Waals surface area (Å²) in [4.78, 5) is 10.8. The number of nitrogens with one attached hydrogen (secondary N) is 1. The molecule has 0 aliphatic carbocycles. The molecule has 24 heavy (non-hydrogen) atoms. The largest absolute Gasteiger partial charge is 0.478 e. The molecule has 1 atom stereocenters. The molecule has 6 nitrogen and oxygen atoms in total. The third-order valence-electron chi connectivity index (χ3n) is 3.46. The van der Waals surface area contributed by atoms with Gasteiger partial charge in [0.2, 0.25) is 10.0 Å². The molecule has 0 spiro atoms. The van der Waals surface area contributed by atoms with Crippen LogP contribution in [0.25, 0.3) is 0 Å². The molecule has 0 saturated carbocycles. The maximum absolute atomic E-state index is 12.3. The van der Waals surface area contributed by atoms with Crippen LogP contribution in [0.5, 0.6) is 0 Å². The number of halogens is 1. The summed E-state index contributed by atoms with van der Waals surface area (Å²) in [7, 11) is -3.97. The van der Waals surface area contributed by atoms with Crippen LogP contribution in [0.1, 0.15) is 22.8 Å². The lowest BCUT2D eigenvalue weighted by Crippen LogP contribution is -2.38. The van der Waals surface area contributed by atoms with Crippen LogP contribution in [0.2, 0.25) is 5.02 Å². The predicted molar refractivity (Wildman–Crippen MR) is 89.6 cm³/mol. The Hall–Kier alpha value is -1.93. The van der Waals surface area contributed by atoms with Gasteiger partial charge in [0.05, 0.1) is 10.5 Å². The molecule has 2 aromatic carbocycles. The second kappa shape index (κ2) is 6.90. The summed E-state index contributed by atoms with van der Waals surface area (Å²) in [5, 5.41) is 19.9. The number of sulfonamides is 1. The Morgan fingerprint density at radius 1 is 1.21 bits per heavy atom. The Morgan fingerprint density at radius 2 is 1.83 bits per heavy atom. The van der Waals surface area contributed by atoms with Crippen LogP contribution >= 0.6 is 11.6 Å². The van der Waals surface area contributed by atoms with Crippen LogP contribution in [0.4, 0.5) is 0 Å². The first-order valence-corrected chi connectivity index (χ1v) is 8.79. The minimum atomic E-state index is -3.97. The van der Waals surface area contributed by atoms with Gasteiger partial charge in [-0.1, -0.05) is 29.8 Å². The molecular weight excluding hydrogens is 354 g/mol. The average molecular weight is 370 g/mol. The topological polar surface area (TPSA) is 104 Å². The highest BCUT2D eigenvalue weighted by atomic mass is 35.5. The number of carboxylic acid groups (broad SMARTS) is 1. The first-order chi connectivity index (χ1) is 11.1. The normalized spacial score (nSPS) is 14.1. The van der Waals surface area contributed by atoms with Crippen LogP contribution in [0, 0.1) is 0 Å². The van der Waals surface area contributed by atoms with E-state index < -0.39 is 21.6 Å². The third kappa shape index (κ3) is 4.33. The van der Waals surface area contributed by atoms with Gasteiger partial charge in [0.1, 0.15) is 5.60 Å². The molecule has 0 radical (unpaired) electrons. The number of hydrogen-bond donors (Lipinski definition) is 3. The quantitative estimate of drug-likeness (QED) is 0.724. The highest BCUT2D eigenvalue weighted by Crippen LogP contribution is 2.22. The van der Waals surface area contributed by atoms with E-state index in [4.69, 9.17) is 16.7 Å². The van der Waals surface area contributed by atoms with Gasteiger partial charge in [0.15, 0.2) is 0 Å². The fourth-order valence-electron chi connectivity index (χ4n) is 2.03. The highest BCUT2D eigenvalue weighted by molar-refractivity contribution is 7.89. The minimum Gasteiger partial charge on any atom is -0.478 e.